The van der Waals surface area contributed by atoms with Crippen molar-refractivity contribution in [3.05, 3.63) is 35.9 Å². The molecular weight excluding hydrogens is 306 g/mol. The van der Waals surface area contributed by atoms with Gasteiger partial charge < -0.3 is 16.0 Å². The summed E-state index contributed by atoms with van der Waals surface area (Å²) in [7, 11) is 0. The molecule has 1 amide bonds. The average molecular weight is 331 g/mol. The first-order valence-electron chi connectivity index (χ1n) is 8.49. The number of nitrogens with two attached hydrogens (primary N) is 1. The van der Waals surface area contributed by atoms with Crippen LogP contribution in [0.4, 0.5) is 0 Å². The van der Waals surface area contributed by atoms with Crippen LogP contribution in [-0.2, 0) is 11.3 Å². The molecule has 23 heavy (non-hydrogen) atoms. The van der Waals surface area contributed by atoms with E-state index in [0.717, 1.165) is 16.9 Å². The SMILES string of the molecule is NC(=O)CCN(Cc1ccccc1)C(=S)NC1CC2CCC1C2. The second-order valence-corrected chi connectivity index (χ2v) is 7.24. The summed E-state index contributed by atoms with van der Waals surface area (Å²) in [4.78, 5) is 13.2. The number of hydrogen-bond acceptors (Lipinski definition) is 2. The van der Waals surface area contributed by atoms with E-state index in [0.29, 0.717) is 25.6 Å². The number of primary amides is 1. The van der Waals surface area contributed by atoms with Gasteiger partial charge in [-0.1, -0.05) is 36.8 Å². The lowest BCUT2D eigenvalue weighted by Crippen LogP contribution is -2.47. The lowest BCUT2D eigenvalue weighted by atomic mass is 9.95. The smallest absolute Gasteiger partial charge is 0.219 e. The molecule has 2 saturated carbocycles. The van der Waals surface area contributed by atoms with Crippen molar-refractivity contribution in [3.63, 3.8) is 0 Å². The van der Waals surface area contributed by atoms with Crippen LogP contribution in [0.15, 0.2) is 30.3 Å². The van der Waals surface area contributed by atoms with E-state index in [4.69, 9.17) is 18.0 Å². The van der Waals surface area contributed by atoms with Gasteiger partial charge in [0.05, 0.1) is 0 Å². The minimum Gasteiger partial charge on any atom is -0.370 e. The first kappa shape index (κ1) is 16.2. The van der Waals surface area contributed by atoms with Crippen LogP contribution in [0.5, 0.6) is 0 Å². The Labute approximate surface area is 143 Å². The number of carbonyl (C=O) groups excluding carboxylic acids is 1. The molecule has 0 spiro atoms. The predicted octanol–water partition coefficient (Wildman–Crippen LogP) is 2.43. The molecule has 2 aliphatic rings. The highest BCUT2D eigenvalue weighted by atomic mass is 32.1. The summed E-state index contributed by atoms with van der Waals surface area (Å²) in [6.45, 7) is 1.28. The molecule has 0 aromatic heterocycles. The Kier molecular flexibility index (Phi) is 5.16. The van der Waals surface area contributed by atoms with Gasteiger partial charge in [0, 0.05) is 25.6 Å². The van der Waals surface area contributed by atoms with E-state index in [1.807, 2.05) is 18.2 Å². The number of fused-ring (bicyclic) bond motifs is 2. The van der Waals surface area contributed by atoms with Crippen LogP contribution in [-0.4, -0.2) is 28.5 Å². The summed E-state index contributed by atoms with van der Waals surface area (Å²) in [5, 5.41) is 4.32. The number of nitrogens with one attached hydrogen (secondary N) is 1. The normalized spacial score (nSPS) is 25.3. The number of benzene rings is 1. The second kappa shape index (κ2) is 7.30. The number of amides is 1. The van der Waals surface area contributed by atoms with Gasteiger partial charge in [-0.3, -0.25) is 4.79 Å². The molecule has 1 aromatic rings. The third-order valence-corrected chi connectivity index (χ3v) is 5.55. The lowest BCUT2D eigenvalue weighted by molar-refractivity contribution is -0.118. The van der Waals surface area contributed by atoms with E-state index in [2.05, 4.69) is 22.3 Å². The molecule has 1 aromatic carbocycles. The first-order valence-corrected chi connectivity index (χ1v) is 8.90. The van der Waals surface area contributed by atoms with Gasteiger partial charge in [-0.05, 0) is 48.9 Å². The van der Waals surface area contributed by atoms with Crippen LogP contribution in [0.3, 0.4) is 0 Å². The molecule has 0 saturated heterocycles. The number of thiocarbonyl (C=S) groups is 1. The molecule has 2 fully saturated rings. The predicted molar refractivity (Wildman–Crippen MR) is 95.6 cm³/mol. The number of carbonyl (C=O) groups is 1. The van der Waals surface area contributed by atoms with Crippen molar-refractivity contribution in [1.82, 2.24) is 10.2 Å². The maximum atomic E-state index is 11.2. The Bertz CT molecular complexity index is 563. The van der Waals surface area contributed by atoms with E-state index in [9.17, 15) is 4.79 Å². The quantitative estimate of drug-likeness (QED) is 0.786. The third kappa shape index (κ3) is 4.22. The zero-order valence-corrected chi connectivity index (χ0v) is 14.2. The van der Waals surface area contributed by atoms with Gasteiger partial charge in [-0.2, -0.15) is 0 Å². The summed E-state index contributed by atoms with van der Waals surface area (Å²) in [6, 6.07) is 10.7. The molecule has 0 radical (unpaired) electrons. The summed E-state index contributed by atoms with van der Waals surface area (Å²) < 4.78 is 0. The highest BCUT2D eigenvalue weighted by Gasteiger charge is 2.40. The summed E-state index contributed by atoms with van der Waals surface area (Å²) in [5.74, 6) is 1.37. The molecule has 3 unspecified atom stereocenters. The molecule has 2 bridgehead atoms. The Morgan fingerprint density at radius 2 is 2.04 bits per heavy atom. The minimum atomic E-state index is -0.286. The van der Waals surface area contributed by atoms with Crippen LogP contribution < -0.4 is 11.1 Å². The lowest BCUT2D eigenvalue weighted by Gasteiger charge is -2.31. The average Bonchev–Trinajstić information content (AvgIpc) is 3.15. The van der Waals surface area contributed by atoms with Crippen molar-refractivity contribution in [3.8, 4) is 0 Å². The van der Waals surface area contributed by atoms with Gasteiger partial charge in [0.25, 0.3) is 0 Å². The van der Waals surface area contributed by atoms with E-state index >= 15 is 0 Å². The Hall–Kier alpha value is -1.62. The molecule has 5 heteroatoms. The minimum absolute atomic E-state index is 0.286. The second-order valence-electron chi connectivity index (χ2n) is 6.85. The van der Waals surface area contributed by atoms with Gasteiger partial charge in [0.15, 0.2) is 5.11 Å². The summed E-state index contributed by atoms with van der Waals surface area (Å²) in [6.07, 6.45) is 5.61. The van der Waals surface area contributed by atoms with Gasteiger partial charge >= 0.3 is 0 Å². The number of hydrogen-bond donors (Lipinski definition) is 2. The van der Waals surface area contributed by atoms with Crippen molar-refractivity contribution < 1.29 is 4.79 Å². The highest BCUT2D eigenvalue weighted by molar-refractivity contribution is 7.80. The van der Waals surface area contributed by atoms with Crippen LogP contribution in [0, 0.1) is 11.8 Å². The van der Waals surface area contributed by atoms with Crippen LogP contribution in [0.2, 0.25) is 0 Å². The van der Waals surface area contributed by atoms with Crippen molar-refractivity contribution in [2.75, 3.05) is 6.54 Å². The van der Waals surface area contributed by atoms with Gasteiger partial charge in [-0.25, -0.2) is 0 Å². The number of nitrogens with zero attached hydrogens (tertiary/aromatic N) is 1. The monoisotopic (exact) mass is 331 g/mol. The van der Waals surface area contributed by atoms with Crippen molar-refractivity contribution in [1.29, 1.82) is 0 Å². The summed E-state index contributed by atoms with van der Waals surface area (Å²) >= 11 is 5.64. The fraction of sp³-hybridized carbons (Fsp3) is 0.556. The van der Waals surface area contributed by atoms with Gasteiger partial charge in [0.1, 0.15) is 0 Å². The molecule has 3 atom stereocenters. The maximum Gasteiger partial charge on any atom is 0.219 e. The maximum absolute atomic E-state index is 11.2. The molecule has 4 nitrogen and oxygen atoms in total. The van der Waals surface area contributed by atoms with Crippen LogP contribution in [0.25, 0.3) is 0 Å². The zero-order chi connectivity index (χ0) is 16.2. The molecule has 124 valence electrons. The topological polar surface area (TPSA) is 58.4 Å². The van der Waals surface area contributed by atoms with E-state index in [-0.39, 0.29) is 5.91 Å². The third-order valence-electron chi connectivity index (χ3n) is 5.18. The molecular formula is C18H25N3OS. The van der Waals surface area contributed by atoms with Gasteiger partial charge in [0.2, 0.25) is 5.91 Å². The Morgan fingerprint density at radius 1 is 1.26 bits per heavy atom. The van der Waals surface area contributed by atoms with Crippen LogP contribution in [0.1, 0.15) is 37.7 Å². The Balaban J connectivity index is 1.61. The highest BCUT2D eigenvalue weighted by Crippen LogP contribution is 2.44. The van der Waals surface area contributed by atoms with E-state index in [1.54, 1.807) is 0 Å². The molecule has 3 N–H and O–H groups in total. The first-order chi connectivity index (χ1) is 11.1. The zero-order valence-electron chi connectivity index (χ0n) is 13.4. The Morgan fingerprint density at radius 3 is 2.65 bits per heavy atom. The largest absolute Gasteiger partial charge is 0.370 e. The standard InChI is InChI=1S/C18H25N3OS/c19-17(22)8-9-21(12-13-4-2-1-3-5-13)18(23)20-16-11-14-6-7-15(16)10-14/h1-5,14-16H,6-12H2,(H2,19,22)(H,20,23). The molecule has 3 rings (SSSR count). The molecule has 0 aliphatic heterocycles. The molecule has 0 heterocycles. The fourth-order valence-electron chi connectivity index (χ4n) is 3.97. The fourth-order valence-corrected chi connectivity index (χ4v) is 4.28. The molecule has 2 aliphatic carbocycles. The van der Waals surface area contributed by atoms with Gasteiger partial charge in [-0.15, -0.1) is 0 Å². The van der Waals surface area contributed by atoms with Crippen LogP contribution >= 0.6 is 12.2 Å². The summed E-state index contributed by atoms with van der Waals surface area (Å²) in [5.41, 5.74) is 6.51. The van der Waals surface area contributed by atoms with E-state index < -0.39 is 0 Å². The van der Waals surface area contributed by atoms with Crippen molar-refractivity contribution in [2.24, 2.45) is 17.6 Å². The van der Waals surface area contributed by atoms with Crippen molar-refractivity contribution >= 4 is 23.2 Å². The number of rotatable bonds is 6. The van der Waals surface area contributed by atoms with E-state index in [1.165, 1.54) is 31.2 Å². The van der Waals surface area contributed by atoms with Crippen molar-refractivity contribution in [2.45, 2.75) is 44.7 Å².